The summed E-state index contributed by atoms with van der Waals surface area (Å²) in [6.45, 7) is 0. The molecule has 0 spiro atoms. The van der Waals surface area contributed by atoms with Crippen LogP contribution in [-0.4, -0.2) is 10.9 Å². The molecule has 0 saturated carbocycles. The number of amides is 1. The van der Waals surface area contributed by atoms with Crippen LogP contribution in [-0.2, 0) is 4.79 Å². The van der Waals surface area contributed by atoms with Crippen LogP contribution in [0, 0.1) is 5.82 Å². The van der Waals surface area contributed by atoms with Crippen molar-refractivity contribution >= 4 is 17.3 Å². The van der Waals surface area contributed by atoms with Crippen molar-refractivity contribution in [1.82, 2.24) is 4.98 Å². The van der Waals surface area contributed by atoms with Gasteiger partial charge in [0.05, 0.1) is 5.69 Å². The Hall–Kier alpha value is -2.43. The van der Waals surface area contributed by atoms with Crippen molar-refractivity contribution in [3.8, 4) is 0 Å². The molecule has 0 bridgehead atoms. The first-order valence-corrected chi connectivity index (χ1v) is 5.51. The summed E-state index contributed by atoms with van der Waals surface area (Å²) in [7, 11) is 0. The second-order valence-electron chi connectivity index (χ2n) is 4.04. The zero-order valence-corrected chi connectivity index (χ0v) is 9.35. The SMILES string of the molecule is O=C1Nc2cc(F)ccc2C1Nc1cccnc1. The number of hydrogen-bond donors (Lipinski definition) is 2. The molecule has 5 heteroatoms. The van der Waals surface area contributed by atoms with Crippen molar-refractivity contribution in [1.29, 1.82) is 0 Å². The molecule has 2 heterocycles. The molecule has 18 heavy (non-hydrogen) atoms. The summed E-state index contributed by atoms with van der Waals surface area (Å²) in [5.74, 6) is -0.560. The van der Waals surface area contributed by atoms with Crippen molar-refractivity contribution in [3.05, 3.63) is 54.1 Å². The van der Waals surface area contributed by atoms with Crippen molar-refractivity contribution in [3.63, 3.8) is 0 Å². The molecule has 3 rings (SSSR count). The Bertz CT molecular complexity index is 600. The average molecular weight is 243 g/mol. The number of halogens is 1. The van der Waals surface area contributed by atoms with Gasteiger partial charge < -0.3 is 10.6 Å². The van der Waals surface area contributed by atoms with Gasteiger partial charge in [0.25, 0.3) is 5.91 Å². The van der Waals surface area contributed by atoms with E-state index in [2.05, 4.69) is 15.6 Å². The minimum atomic E-state index is -0.509. The first-order valence-electron chi connectivity index (χ1n) is 5.51. The van der Waals surface area contributed by atoms with Crippen LogP contribution in [0.4, 0.5) is 15.8 Å². The van der Waals surface area contributed by atoms with E-state index in [-0.39, 0.29) is 11.7 Å². The second kappa shape index (κ2) is 4.10. The fourth-order valence-corrected chi connectivity index (χ4v) is 1.99. The van der Waals surface area contributed by atoms with Crippen LogP contribution in [0.5, 0.6) is 0 Å². The van der Waals surface area contributed by atoms with E-state index >= 15 is 0 Å². The summed E-state index contributed by atoms with van der Waals surface area (Å²) in [6, 6.07) is 7.36. The zero-order valence-electron chi connectivity index (χ0n) is 9.35. The van der Waals surface area contributed by atoms with Crippen LogP contribution in [0.25, 0.3) is 0 Å². The maximum atomic E-state index is 13.1. The molecule has 1 atom stereocenters. The first-order chi connectivity index (χ1) is 8.74. The standard InChI is InChI=1S/C13H10FN3O/c14-8-3-4-10-11(6-8)17-13(18)12(10)16-9-2-1-5-15-7-9/h1-7,12,16H,(H,17,18). The van der Waals surface area contributed by atoms with Crippen molar-refractivity contribution in [2.24, 2.45) is 0 Å². The Balaban J connectivity index is 1.93. The maximum absolute atomic E-state index is 13.1. The highest BCUT2D eigenvalue weighted by atomic mass is 19.1. The number of benzene rings is 1. The summed E-state index contributed by atoms with van der Waals surface area (Å²) in [5.41, 5.74) is 2.00. The number of anilines is 2. The summed E-state index contributed by atoms with van der Waals surface area (Å²) >= 11 is 0. The van der Waals surface area contributed by atoms with Gasteiger partial charge in [-0.15, -0.1) is 0 Å². The van der Waals surface area contributed by atoms with E-state index in [1.54, 1.807) is 24.5 Å². The number of pyridine rings is 1. The predicted molar refractivity (Wildman–Crippen MR) is 65.6 cm³/mol. The van der Waals surface area contributed by atoms with E-state index in [9.17, 15) is 9.18 Å². The molecule has 1 unspecified atom stereocenters. The minimum absolute atomic E-state index is 0.195. The normalized spacial score (nSPS) is 17.2. The van der Waals surface area contributed by atoms with E-state index in [1.807, 2.05) is 6.07 Å². The second-order valence-corrected chi connectivity index (χ2v) is 4.04. The van der Waals surface area contributed by atoms with Gasteiger partial charge in [-0.3, -0.25) is 9.78 Å². The zero-order chi connectivity index (χ0) is 12.5. The highest BCUT2D eigenvalue weighted by molar-refractivity contribution is 6.04. The van der Waals surface area contributed by atoms with Crippen LogP contribution in [0.3, 0.4) is 0 Å². The van der Waals surface area contributed by atoms with Crippen LogP contribution >= 0.6 is 0 Å². The smallest absolute Gasteiger partial charge is 0.251 e. The van der Waals surface area contributed by atoms with Gasteiger partial charge in [-0.25, -0.2) is 4.39 Å². The molecular weight excluding hydrogens is 233 g/mol. The first kappa shape index (κ1) is 10.7. The number of fused-ring (bicyclic) bond motifs is 1. The monoisotopic (exact) mass is 243 g/mol. The average Bonchev–Trinajstić information content (AvgIpc) is 2.66. The van der Waals surface area contributed by atoms with Gasteiger partial charge in [-0.05, 0) is 24.3 Å². The Labute approximate surface area is 103 Å². The molecule has 1 aliphatic rings. The summed E-state index contributed by atoms with van der Waals surface area (Å²) in [4.78, 5) is 15.8. The molecule has 4 nitrogen and oxygen atoms in total. The highest BCUT2D eigenvalue weighted by Crippen LogP contribution is 2.33. The van der Waals surface area contributed by atoms with Crippen LogP contribution < -0.4 is 10.6 Å². The third-order valence-corrected chi connectivity index (χ3v) is 2.82. The Morgan fingerprint density at radius 1 is 1.33 bits per heavy atom. The maximum Gasteiger partial charge on any atom is 0.251 e. The lowest BCUT2D eigenvalue weighted by molar-refractivity contribution is -0.116. The quantitative estimate of drug-likeness (QED) is 0.851. The largest absolute Gasteiger partial charge is 0.369 e. The number of aromatic nitrogens is 1. The van der Waals surface area contributed by atoms with Gasteiger partial charge in [0, 0.05) is 23.6 Å². The lowest BCUT2D eigenvalue weighted by Crippen LogP contribution is -2.19. The molecule has 0 fully saturated rings. The molecule has 0 saturated heterocycles. The third-order valence-electron chi connectivity index (χ3n) is 2.82. The molecule has 2 aromatic rings. The number of rotatable bonds is 2. The Morgan fingerprint density at radius 3 is 3.00 bits per heavy atom. The van der Waals surface area contributed by atoms with Crippen molar-refractivity contribution in [2.75, 3.05) is 10.6 Å². The molecule has 0 aliphatic carbocycles. The molecule has 1 amide bonds. The predicted octanol–water partition coefficient (Wildman–Crippen LogP) is 2.33. The van der Waals surface area contributed by atoms with Gasteiger partial charge in [0.15, 0.2) is 0 Å². The lowest BCUT2D eigenvalue weighted by Gasteiger charge is -2.12. The van der Waals surface area contributed by atoms with Gasteiger partial charge in [0.2, 0.25) is 0 Å². The summed E-state index contributed by atoms with van der Waals surface area (Å²) < 4.78 is 13.1. The van der Waals surface area contributed by atoms with Gasteiger partial charge in [-0.1, -0.05) is 6.07 Å². The van der Waals surface area contributed by atoms with Gasteiger partial charge in [-0.2, -0.15) is 0 Å². The van der Waals surface area contributed by atoms with Crippen LogP contribution in [0.15, 0.2) is 42.7 Å². The van der Waals surface area contributed by atoms with Gasteiger partial charge in [0.1, 0.15) is 11.9 Å². The number of carbonyl (C=O) groups is 1. The molecule has 1 aromatic heterocycles. The van der Waals surface area contributed by atoms with E-state index in [0.717, 1.165) is 11.3 Å². The molecule has 1 aliphatic heterocycles. The Kier molecular flexibility index (Phi) is 2.44. The molecule has 1 aromatic carbocycles. The van der Waals surface area contributed by atoms with Crippen LogP contribution in [0.2, 0.25) is 0 Å². The number of carbonyl (C=O) groups excluding carboxylic acids is 1. The van der Waals surface area contributed by atoms with E-state index in [0.29, 0.717) is 5.69 Å². The molecule has 2 N–H and O–H groups in total. The topological polar surface area (TPSA) is 54.0 Å². The Morgan fingerprint density at radius 2 is 2.22 bits per heavy atom. The van der Waals surface area contributed by atoms with E-state index < -0.39 is 6.04 Å². The number of nitrogens with one attached hydrogen (secondary N) is 2. The minimum Gasteiger partial charge on any atom is -0.369 e. The molecular formula is C13H10FN3O. The van der Waals surface area contributed by atoms with Gasteiger partial charge >= 0.3 is 0 Å². The fraction of sp³-hybridized carbons (Fsp3) is 0.0769. The lowest BCUT2D eigenvalue weighted by atomic mass is 10.1. The van der Waals surface area contributed by atoms with E-state index in [1.165, 1.54) is 12.1 Å². The molecule has 0 radical (unpaired) electrons. The van der Waals surface area contributed by atoms with Crippen LogP contribution in [0.1, 0.15) is 11.6 Å². The fourth-order valence-electron chi connectivity index (χ4n) is 1.99. The van der Waals surface area contributed by atoms with Crippen molar-refractivity contribution < 1.29 is 9.18 Å². The van der Waals surface area contributed by atoms with E-state index in [4.69, 9.17) is 0 Å². The van der Waals surface area contributed by atoms with Crippen molar-refractivity contribution in [2.45, 2.75) is 6.04 Å². The summed E-state index contributed by atoms with van der Waals surface area (Å²) in [5, 5.41) is 5.72. The number of nitrogens with zero attached hydrogens (tertiary/aromatic N) is 1. The summed E-state index contributed by atoms with van der Waals surface area (Å²) in [6.07, 6.45) is 3.29. The number of hydrogen-bond acceptors (Lipinski definition) is 3. The molecule has 90 valence electrons. The third kappa shape index (κ3) is 1.79. The highest BCUT2D eigenvalue weighted by Gasteiger charge is 2.30.